The van der Waals surface area contributed by atoms with Crippen LogP contribution in [0.1, 0.15) is 5.56 Å². The van der Waals surface area contributed by atoms with Crippen LogP contribution in [0.4, 0.5) is 0 Å². The first-order valence-corrected chi connectivity index (χ1v) is 7.46. The minimum atomic E-state index is -4.24. The van der Waals surface area contributed by atoms with Gasteiger partial charge < -0.3 is 0 Å². The molecule has 0 spiro atoms. The molecule has 1 N–H and O–H groups in total. The fourth-order valence-corrected chi connectivity index (χ4v) is 2.94. The van der Waals surface area contributed by atoms with Gasteiger partial charge in [-0.3, -0.25) is 4.55 Å². The van der Waals surface area contributed by atoms with Gasteiger partial charge in [-0.25, -0.2) is 0 Å². The van der Waals surface area contributed by atoms with Gasteiger partial charge in [-0.2, -0.15) is 8.42 Å². The first kappa shape index (κ1) is 13.3. The van der Waals surface area contributed by atoms with Crippen LogP contribution in [0.3, 0.4) is 0 Å². The third-order valence-corrected chi connectivity index (χ3v) is 4.18. The van der Waals surface area contributed by atoms with E-state index in [4.69, 9.17) is 0 Å². The standard InChI is InChI=1S/C13H11BrO3S/c1-9-6-7-13(18(15,16)17)11(8-9)10-4-2-3-5-12(10)14/h2-8H,1H3,(H,15,16,17). The normalized spacial score (nSPS) is 11.5. The van der Waals surface area contributed by atoms with Crippen LogP contribution in [-0.2, 0) is 10.1 Å². The van der Waals surface area contributed by atoms with Gasteiger partial charge in [0, 0.05) is 10.0 Å². The van der Waals surface area contributed by atoms with Gasteiger partial charge in [0.05, 0.1) is 0 Å². The SMILES string of the molecule is Cc1ccc(S(=O)(=O)O)c(-c2ccccc2Br)c1. The molecule has 3 nitrogen and oxygen atoms in total. The van der Waals surface area contributed by atoms with Crippen molar-refractivity contribution in [1.82, 2.24) is 0 Å². The summed E-state index contributed by atoms with van der Waals surface area (Å²) in [5.74, 6) is 0. The lowest BCUT2D eigenvalue weighted by Gasteiger charge is -2.10. The molecule has 5 heteroatoms. The molecule has 0 heterocycles. The molecular formula is C13H11BrO3S. The molecule has 0 unspecified atom stereocenters. The lowest BCUT2D eigenvalue weighted by molar-refractivity contribution is 0.483. The van der Waals surface area contributed by atoms with Crippen molar-refractivity contribution in [3.63, 3.8) is 0 Å². The van der Waals surface area contributed by atoms with Gasteiger partial charge in [-0.1, -0.05) is 45.8 Å². The summed E-state index contributed by atoms with van der Waals surface area (Å²) >= 11 is 3.38. The lowest BCUT2D eigenvalue weighted by atomic mass is 10.0. The molecule has 18 heavy (non-hydrogen) atoms. The Morgan fingerprint density at radius 3 is 2.33 bits per heavy atom. The van der Waals surface area contributed by atoms with Gasteiger partial charge in [0.2, 0.25) is 0 Å². The number of hydrogen-bond acceptors (Lipinski definition) is 2. The number of hydrogen-bond donors (Lipinski definition) is 1. The second-order valence-corrected chi connectivity index (χ2v) is 6.20. The van der Waals surface area contributed by atoms with Crippen LogP contribution >= 0.6 is 15.9 Å². The van der Waals surface area contributed by atoms with Crippen molar-refractivity contribution >= 4 is 26.0 Å². The molecule has 2 aromatic carbocycles. The van der Waals surface area contributed by atoms with E-state index in [1.54, 1.807) is 18.2 Å². The summed E-state index contributed by atoms with van der Waals surface area (Å²) in [6.45, 7) is 1.87. The molecular weight excluding hydrogens is 316 g/mol. The van der Waals surface area contributed by atoms with Crippen LogP contribution in [0.5, 0.6) is 0 Å². The topological polar surface area (TPSA) is 54.4 Å². The Kier molecular flexibility index (Phi) is 3.56. The Labute approximate surface area is 114 Å². The summed E-state index contributed by atoms with van der Waals surface area (Å²) in [7, 11) is -4.24. The van der Waals surface area contributed by atoms with E-state index in [-0.39, 0.29) is 4.90 Å². The fraction of sp³-hybridized carbons (Fsp3) is 0.0769. The van der Waals surface area contributed by atoms with Crippen molar-refractivity contribution in [2.45, 2.75) is 11.8 Å². The average molecular weight is 327 g/mol. The van der Waals surface area contributed by atoms with E-state index in [1.807, 2.05) is 25.1 Å². The maximum Gasteiger partial charge on any atom is 0.295 e. The highest BCUT2D eigenvalue weighted by atomic mass is 79.9. The Hall–Kier alpha value is -1.17. The van der Waals surface area contributed by atoms with Crippen LogP contribution in [0, 0.1) is 6.92 Å². The van der Waals surface area contributed by atoms with Crippen LogP contribution < -0.4 is 0 Å². The second-order valence-electron chi connectivity index (χ2n) is 3.95. The molecule has 0 atom stereocenters. The molecule has 0 aromatic heterocycles. The van der Waals surface area contributed by atoms with Crippen LogP contribution in [-0.4, -0.2) is 13.0 Å². The molecule has 0 bridgehead atoms. The summed E-state index contributed by atoms with van der Waals surface area (Å²) in [5, 5.41) is 0. The van der Waals surface area contributed by atoms with Gasteiger partial charge in [0.1, 0.15) is 4.90 Å². The van der Waals surface area contributed by atoms with Gasteiger partial charge in [-0.05, 0) is 30.7 Å². The van der Waals surface area contributed by atoms with E-state index >= 15 is 0 Å². The fourth-order valence-electron chi connectivity index (χ4n) is 1.76. The number of benzene rings is 2. The smallest absolute Gasteiger partial charge is 0.282 e. The van der Waals surface area contributed by atoms with Crippen molar-refractivity contribution in [1.29, 1.82) is 0 Å². The minimum absolute atomic E-state index is 0.0833. The van der Waals surface area contributed by atoms with Crippen molar-refractivity contribution in [3.8, 4) is 11.1 Å². The first-order chi connectivity index (χ1) is 8.39. The zero-order valence-electron chi connectivity index (χ0n) is 9.59. The third kappa shape index (κ3) is 2.63. The van der Waals surface area contributed by atoms with E-state index in [2.05, 4.69) is 15.9 Å². The summed E-state index contributed by atoms with van der Waals surface area (Å²) < 4.78 is 32.8. The highest BCUT2D eigenvalue weighted by Crippen LogP contribution is 2.33. The van der Waals surface area contributed by atoms with Gasteiger partial charge in [0.15, 0.2) is 0 Å². The van der Waals surface area contributed by atoms with E-state index in [0.29, 0.717) is 5.56 Å². The molecule has 0 aliphatic carbocycles. The van der Waals surface area contributed by atoms with Gasteiger partial charge >= 0.3 is 0 Å². The maximum atomic E-state index is 11.4. The summed E-state index contributed by atoms with van der Waals surface area (Å²) in [6, 6.07) is 12.1. The number of halogens is 1. The van der Waals surface area contributed by atoms with E-state index < -0.39 is 10.1 Å². The molecule has 2 aromatic rings. The molecule has 2 rings (SSSR count). The largest absolute Gasteiger partial charge is 0.295 e. The molecule has 0 aliphatic heterocycles. The van der Waals surface area contributed by atoms with Crippen LogP contribution in [0.25, 0.3) is 11.1 Å². The predicted molar refractivity (Wildman–Crippen MR) is 74.1 cm³/mol. The average Bonchev–Trinajstić information content (AvgIpc) is 2.27. The lowest BCUT2D eigenvalue weighted by Crippen LogP contribution is -2.01. The zero-order chi connectivity index (χ0) is 13.3. The Balaban J connectivity index is 2.79. The molecule has 0 fully saturated rings. The molecule has 0 saturated heterocycles. The van der Waals surface area contributed by atoms with Crippen LogP contribution in [0.2, 0.25) is 0 Å². The van der Waals surface area contributed by atoms with Crippen molar-refractivity contribution in [2.24, 2.45) is 0 Å². The highest BCUT2D eigenvalue weighted by Gasteiger charge is 2.17. The first-order valence-electron chi connectivity index (χ1n) is 5.22. The predicted octanol–water partition coefficient (Wildman–Crippen LogP) is 3.67. The highest BCUT2D eigenvalue weighted by molar-refractivity contribution is 9.10. The quantitative estimate of drug-likeness (QED) is 0.856. The summed E-state index contributed by atoms with van der Waals surface area (Å²) in [4.78, 5) is -0.0833. The Morgan fingerprint density at radius 1 is 1.06 bits per heavy atom. The molecule has 0 aliphatic rings. The summed E-state index contributed by atoms with van der Waals surface area (Å²) in [5.41, 5.74) is 2.15. The van der Waals surface area contributed by atoms with Crippen LogP contribution in [0.15, 0.2) is 51.8 Å². The second kappa shape index (κ2) is 4.84. The Bertz CT molecular complexity index is 693. The zero-order valence-corrected chi connectivity index (χ0v) is 12.0. The van der Waals surface area contributed by atoms with E-state index in [9.17, 15) is 13.0 Å². The van der Waals surface area contributed by atoms with Gasteiger partial charge in [0.25, 0.3) is 10.1 Å². The molecule has 0 amide bonds. The maximum absolute atomic E-state index is 11.4. The summed E-state index contributed by atoms with van der Waals surface area (Å²) in [6.07, 6.45) is 0. The number of aryl methyl sites for hydroxylation is 1. The minimum Gasteiger partial charge on any atom is -0.282 e. The van der Waals surface area contributed by atoms with Crippen molar-refractivity contribution in [3.05, 3.63) is 52.5 Å². The Morgan fingerprint density at radius 2 is 1.72 bits per heavy atom. The van der Waals surface area contributed by atoms with E-state index in [1.165, 1.54) is 6.07 Å². The molecule has 0 radical (unpaired) electrons. The van der Waals surface area contributed by atoms with E-state index in [0.717, 1.165) is 15.6 Å². The van der Waals surface area contributed by atoms with Crippen molar-refractivity contribution in [2.75, 3.05) is 0 Å². The van der Waals surface area contributed by atoms with Gasteiger partial charge in [-0.15, -0.1) is 0 Å². The number of rotatable bonds is 2. The van der Waals surface area contributed by atoms with Crippen molar-refractivity contribution < 1.29 is 13.0 Å². The molecule has 94 valence electrons. The monoisotopic (exact) mass is 326 g/mol. The molecule has 0 saturated carbocycles. The third-order valence-electron chi connectivity index (χ3n) is 2.58.